The summed E-state index contributed by atoms with van der Waals surface area (Å²) in [6, 6.07) is 0. The van der Waals surface area contributed by atoms with E-state index in [2.05, 4.69) is 69.2 Å². The summed E-state index contributed by atoms with van der Waals surface area (Å²) in [6.45, 7) is 24.5. The summed E-state index contributed by atoms with van der Waals surface area (Å²) >= 11 is 0. The van der Waals surface area contributed by atoms with Crippen LogP contribution in [-0.2, 0) is 0 Å². The lowest BCUT2D eigenvalue weighted by molar-refractivity contribution is 0.0458. The standard InChI is InChI=1S/C23H48/c1-11-20(7,12-2)17-22(9,15-5)19-23(10,16-6)18-21(8,13-3)14-4/h11-19H2,1-10H3. The summed E-state index contributed by atoms with van der Waals surface area (Å²) in [6.07, 6.45) is 12.0. The van der Waals surface area contributed by atoms with Crippen LogP contribution < -0.4 is 0 Å². The Morgan fingerprint density at radius 1 is 0.348 bits per heavy atom. The molecule has 0 saturated heterocycles. The maximum atomic E-state index is 2.57. The molecule has 2 unspecified atom stereocenters. The fraction of sp³-hybridized carbons (Fsp3) is 1.00. The normalized spacial score (nSPS) is 18.5. The van der Waals surface area contributed by atoms with Gasteiger partial charge in [0.15, 0.2) is 0 Å². The number of hydrogen-bond acceptors (Lipinski definition) is 0. The van der Waals surface area contributed by atoms with E-state index in [-0.39, 0.29) is 0 Å². The Kier molecular flexibility index (Phi) is 8.91. The van der Waals surface area contributed by atoms with Gasteiger partial charge in [0.1, 0.15) is 0 Å². The molecule has 0 nitrogen and oxygen atoms in total. The minimum atomic E-state index is 0.480. The van der Waals surface area contributed by atoms with E-state index in [9.17, 15) is 0 Å². The molecule has 0 saturated carbocycles. The third kappa shape index (κ3) is 6.79. The van der Waals surface area contributed by atoms with Crippen molar-refractivity contribution >= 4 is 0 Å². The molecule has 0 aliphatic rings. The van der Waals surface area contributed by atoms with Crippen LogP contribution in [0, 0.1) is 21.7 Å². The first kappa shape index (κ1) is 23.0. The Hall–Kier alpha value is 0. The zero-order chi connectivity index (χ0) is 18.4. The summed E-state index contributed by atoms with van der Waals surface area (Å²) < 4.78 is 0. The molecule has 0 amide bonds. The van der Waals surface area contributed by atoms with Gasteiger partial charge in [-0.3, -0.25) is 0 Å². The Bertz CT molecular complexity index is 289. The van der Waals surface area contributed by atoms with Crippen LogP contribution in [0.4, 0.5) is 0 Å². The molecule has 0 rings (SSSR count). The van der Waals surface area contributed by atoms with E-state index in [0.717, 1.165) is 0 Å². The van der Waals surface area contributed by atoms with Gasteiger partial charge in [0.25, 0.3) is 0 Å². The predicted molar refractivity (Wildman–Crippen MR) is 108 cm³/mol. The Balaban J connectivity index is 5.31. The molecule has 0 spiro atoms. The fourth-order valence-corrected chi connectivity index (χ4v) is 4.72. The lowest BCUT2D eigenvalue weighted by atomic mass is 9.59. The van der Waals surface area contributed by atoms with Crippen LogP contribution in [-0.4, -0.2) is 0 Å². The monoisotopic (exact) mass is 324 g/mol. The first-order valence-electron chi connectivity index (χ1n) is 10.5. The molecule has 0 aliphatic heterocycles. The number of rotatable bonds is 12. The van der Waals surface area contributed by atoms with Gasteiger partial charge < -0.3 is 0 Å². The molecule has 140 valence electrons. The molecule has 0 aromatic heterocycles. The highest BCUT2D eigenvalue weighted by Gasteiger charge is 2.40. The van der Waals surface area contributed by atoms with Crippen molar-refractivity contribution in [1.29, 1.82) is 0 Å². The molecule has 2 atom stereocenters. The van der Waals surface area contributed by atoms with Gasteiger partial charge in [-0.25, -0.2) is 0 Å². The average Bonchev–Trinajstić information content (AvgIpc) is 2.54. The molecule has 0 fully saturated rings. The van der Waals surface area contributed by atoms with Crippen LogP contribution in [0.25, 0.3) is 0 Å². The third-order valence-corrected chi connectivity index (χ3v) is 7.68. The highest BCUT2D eigenvalue weighted by Crippen LogP contribution is 2.52. The SMILES string of the molecule is CCC(C)(CC)CC(C)(CC)CC(C)(CC)CC(C)(CC)CC. The number of hydrogen-bond donors (Lipinski definition) is 0. The topological polar surface area (TPSA) is 0 Å². The highest BCUT2D eigenvalue weighted by atomic mass is 14.5. The summed E-state index contributed by atoms with van der Waals surface area (Å²) in [5.74, 6) is 0. The van der Waals surface area contributed by atoms with Crippen LogP contribution in [0.3, 0.4) is 0 Å². The van der Waals surface area contributed by atoms with Crippen LogP contribution in [0.15, 0.2) is 0 Å². The summed E-state index contributed by atoms with van der Waals surface area (Å²) in [5.41, 5.74) is 1.98. The summed E-state index contributed by atoms with van der Waals surface area (Å²) in [5, 5.41) is 0. The van der Waals surface area contributed by atoms with E-state index < -0.39 is 0 Å². The van der Waals surface area contributed by atoms with Crippen molar-refractivity contribution in [3.05, 3.63) is 0 Å². The predicted octanol–water partition coefficient (Wildman–Crippen LogP) is 8.64. The van der Waals surface area contributed by atoms with Crippen LogP contribution in [0.1, 0.15) is 127 Å². The zero-order valence-electron chi connectivity index (χ0n) is 18.4. The van der Waals surface area contributed by atoms with Gasteiger partial charge in [0.05, 0.1) is 0 Å². The van der Waals surface area contributed by atoms with E-state index in [1.54, 1.807) is 0 Å². The Labute approximate surface area is 149 Å². The van der Waals surface area contributed by atoms with Crippen LogP contribution in [0.2, 0.25) is 0 Å². The van der Waals surface area contributed by atoms with E-state index in [4.69, 9.17) is 0 Å². The molecular formula is C23H48. The van der Waals surface area contributed by atoms with Gasteiger partial charge in [0, 0.05) is 0 Å². The minimum absolute atomic E-state index is 0.480. The zero-order valence-corrected chi connectivity index (χ0v) is 18.4. The molecule has 0 aromatic carbocycles. The van der Waals surface area contributed by atoms with Crippen molar-refractivity contribution in [3.8, 4) is 0 Å². The van der Waals surface area contributed by atoms with Crippen molar-refractivity contribution in [3.63, 3.8) is 0 Å². The van der Waals surface area contributed by atoms with Gasteiger partial charge in [-0.2, -0.15) is 0 Å². The van der Waals surface area contributed by atoms with E-state index in [1.807, 2.05) is 0 Å². The molecule has 0 radical (unpaired) electrons. The minimum Gasteiger partial charge on any atom is -0.0649 e. The third-order valence-electron chi connectivity index (χ3n) is 7.68. The van der Waals surface area contributed by atoms with Crippen LogP contribution >= 0.6 is 0 Å². The second-order valence-corrected chi connectivity index (χ2v) is 9.89. The van der Waals surface area contributed by atoms with E-state index in [0.29, 0.717) is 21.7 Å². The maximum absolute atomic E-state index is 2.57. The lowest BCUT2D eigenvalue weighted by Gasteiger charge is -2.46. The first-order valence-corrected chi connectivity index (χ1v) is 10.5. The van der Waals surface area contributed by atoms with Crippen molar-refractivity contribution in [2.75, 3.05) is 0 Å². The Morgan fingerprint density at radius 2 is 0.522 bits per heavy atom. The largest absolute Gasteiger partial charge is 0.0649 e. The molecule has 0 bridgehead atoms. The van der Waals surface area contributed by atoms with Crippen molar-refractivity contribution in [1.82, 2.24) is 0 Å². The molecular weight excluding hydrogens is 276 g/mol. The van der Waals surface area contributed by atoms with Gasteiger partial charge in [-0.05, 0) is 40.9 Å². The smallest absolute Gasteiger partial charge is 0.0318 e. The molecule has 23 heavy (non-hydrogen) atoms. The summed E-state index contributed by atoms with van der Waals surface area (Å²) in [7, 11) is 0. The Morgan fingerprint density at radius 3 is 0.696 bits per heavy atom. The fourth-order valence-electron chi connectivity index (χ4n) is 4.72. The van der Waals surface area contributed by atoms with Crippen LogP contribution in [0.5, 0.6) is 0 Å². The van der Waals surface area contributed by atoms with Gasteiger partial charge >= 0.3 is 0 Å². The van der Waals surface area contributed by atoms with E-state index >= 15 is 0 Å². The molecule has 0 heterocycles. The van der Waals surface area contributed by atoms with Gasteiger partial charge in [-0.1, -0.05) is 108 Å². The second-order valence-electron chi connectivity index (χ2n) is 9.89. The molecule has 0 heteroatoms. The van der Waals surface area contributed by atoms with Crippen molar-refractivity contribution in [2.45, 2.75) is 127 Å². The first-order chi connectivity index (χ1) is 10.5. The second kappa shape index (κ2) is 8.91. The lowest BCUT2D eigenvalue weighted by Crippen LogP contribution is -2.35. The van der Waals surface area contributed by atoms with Crippen molar-refractivity contribution in [2.24, 2.45) is 21.7 Å². The van der Waals surface area contributed by atoms with Crippen molar-refractivity contribution < 1.29 is 0 Å². The van der Waals surface area contributed by atoms with E-state index in [1.165, 1.54) is 57.8 Å². The average molecular weight is 325 g/mol. The highest BCUT2D eigenvalue weighted by molar-refractivity contribution is 4.91. The quantitative estimate of drug-likeness (QED) is 0.337. The summed E-state index contributed by atoms with van der Waals surface area (Å²) in [4.78, 5) is 0. The molecule has 0 aromatic rings. The molecule has 0 N–H and O–H groups in total. The maximum Gasteiger partial charge on any atom is -0.0318 e. The van der Waals surface area contributed by atoms with Gasteiger partial charge in [-0.15, -0.1) is 0 Å². The molecule has 0 aliphatic carbocycles. The van der Waals surface area contributed by atoms with Gasteiger partial charge in [0.2, 0.25) is 0 Å².